The topological polar surface area (TPSA) is 65.0 Å². The van der Waals surface area contributed by atoms with Crippen LogP contribution in [0, 0.1) is 18.8 Å². The van der Waals surface area contributed by atoms with Crippen molar-refractivity contribution in [3.8, 4) is 11.5 Å². The van der Waals surface area contributed by atoms with Crippen LogP contribution in [0.3, 0.4) is 0 Å². The van der Waals surface area contributed by atoms with Gasteiger partial charge in [-0.25, -0.2) is 4.79 Å². The van der Waals surface area contributed by atoms with E-state index in [1.54, 1.807) is 33.3 Å². The monoisotopic (exact) mass is 514 g/mol. The summed E-state index contributed by atoms with van der Waals surface area (Å²) in [5, 5.41) is 9.58. The second-order valence-electron chi connectivity index (χ2n) is 9.29. The molecular formula is C29H29F3O5. The van der Waals surface area contributed by atoms with Crippen molar-refractivity contribution in [2.75, 3.05) is 20.8 Å². The zero-order valence-electron chi connectivity index (χ0n) is 20.8. The molecule has 37 heavy (non-hydrogen) atoms. The first-order valence-corrected chi connectivity index (χ1v) is 11.9. The second kappa shape index (κ2) is 10.8. The molecule has 0 bridgehead atoms. The summed E-state index contributed by atoms with van der Waals surface area (Å²) in [6.07, 6.45) is -3.61. The summed E-state index contributed by atoms with van der Waals surface area (Å²) >= 11 is 0. The molecule has 196 valence electrons. The van der Waals surface area contributed by atoms with Crippen LogP contribution in [0.4, 0.5) is 13.2 Å². The molecule has 1 fully saturated rings. The van der Waals surface area contributed by atoms with Crippen LogP contribution in [0.2, 0.25) is 0 Å². The smallest absolute Gasteiger partial charge is 0.416 e. The Balaban J connectivity index is 1.67. The molecule has 5 nitrogen and oxygen atoms in total. The molecule has 1 aliphatic heterocycles. The number of carboxylic acids is 1. The van der Waals surface area contributed by atoms with Crippen LogP contribution < -0.4 is 9.47 Å². The fraction of sp³-hybridized carbons (Fsp3) is 0.345. The largest absolute Gasteiger partial charge is 0.493 e. The van der Waals surface area contributed by atoms with Crippen LogP contribution in [0.25, 0.3) is 0 Å². The van der Waals surface area contributed by atoms with E-state index in [1.807, 2.05) is 24.3 Å². The quantitative estimate of drug-likeness (QED) is 0.371. The van der Waals surface area contributed by atoms with Gasteiger partial charge in [0.15, 0.2) is 11.5 Å². The minimum atomic E-state index is -4.39. The first-order chi connectivity index (χ1) is 17.6. The molecule has 3 aromatic carbocycles. The molecule has 0 unspecified atom stereocenters. The standard InChI is InChI=1S/C29H29F3O5/c1-17-19(5-4-6-23(17)28(33)34)14-24-21(13-18-7-10-22(11-8-18)29(30,31)32)16-37-27(24)20-9-12-25(35-2)26(15-20)36-3/h4-12,15,21,24,27H,13-14,16H2,1-3H3,(H,33,34)/t21-,24+,27+/m0/s1. The molecule has 1 heterocycles. The highest BCUT2D eigenvalue weighted by molar-refractivity contribution is 5.89. The van der Waals surface area contributed by atoms with E-state index in [2.05, 4.69) is 0 Å². The number of carbonyl (C=O) groups is 1. The zero-order valence-corrected chi connectivity index (χ0v) is 20.8. The van der Waals surface area contributed by atoms with E-state index >= 15 is 0 Å². The summed E-state index contributed by atoms with van der Waals surface area (Å²) in [5.41, 5.74) is 2.85. The van der Waals surface area contributed by atoms with Crippen LogP contribution in [-0.4, -0.2) is 31.9 Å². The highest BCUT2D eigenvalue weighted by Gasteiger charge is 2.39. The Hall–Kier alpha value is -3.52. The van der Waals surface area contributed by atoms with Crippen LogP contribution >= 0.6 is 0 Å². The number of methoxy groups -OCH3 is 2. The van der Waals surface area contributed by atoms with Gasteiger partial charge in [0.1, 0.15) is 0 Å². The van der Waals surface area contributed by atoms with Crippen LogP contribution in [-0.2, 0) is 23.8 Å². The number of benzene rings is 3. The molecule has 1 N–H and O–H groups in total. The molecule has 1 saturated heterocycles. The summed E-state index contributed by atoms with van der Waals surface area (Å²) in [6.45, 7) is 2.22. The molecule has 0 saturated carbocycles. The maximum absolute atomic E-state index is 13.0. The van der Waals surface area contributed by atoms with Crippen molar-refractivity contribution in [2.24, 2.45) is 11.8 Å². The summed E-state index contributed by atoms with van der Waals surface area (Å²) in [5.74, 6) is 0.121. The molecule has 8 heteroatoms. The van der Waals surface area contributed by atoms with Crippen molar-refractivity contribution >= 4 is 5.97 Å². The average Bonchev–Trinajstić information content (AvgIpc) is 3.26. The lowest BCUT2D eigenvalue weighted by Crippen LogP contribution is -2.21. The number of alkyl halides is 3. The Morgan fingerprint density at radius 3 is 2.32 bits per heavy atom. The number of hydrogen-bond donors (Lipinski definition) is 1. The maximum Gasteiger partial charge on any atom is 0.416 e. The van der Waals surface area contributed by atoms with Gasteiger partial charge in [-0.2, -0.15) is 13.2 Å². The molecule has 0 aliphatic carbocycles. The van der Waals surface area contributed by atoms with Crippen molar-refractivity contribution < 1.29 is 37.3 Å². The summed E-state index contributed by atoms with van der Waals surface area (Å²) in [6, 6.07) is 16.1. The lowest BCUT2D eigenvalue weighted by molar-refractivity contribution is -0.137. The van der Waals surface area contributed by atoms with Crippen molar-refractivity contribution in [1.82, 2.24) is 0 Å². The Morgan fingerprint density at radius 1 is 1.00 bits per heavy atom. The lowest BCUT2D eigenvalue weighted by Gasteiger charge is -2.25. The van der Waals surface area contributed by atoms with Crippen LogP contribution in [0.15, 0.2) is 60.7 Å². The highest BCUT2D eigenvalue weighted by Crippen LogP contribution is 2.44. The summed E-state index contributed by atoms with van der Waals surface area (Å²) in [7, 11) is 3.12. The lowest BCUT2D eigenvalue weighted by atomic mass is 9.79. The van der Waals surface area contributed by atoms with Gasteiger partial charge < -0.3 is 19.3 Å². The Bertz CT molecular complexity index is 1250. The third-order valence-electron chi connectivity index (χ3n) is 7.13. The summed E-state index contributed by atoms with van der Waals surface area (Å²) in [4.78, 5) is 11.7. The minimum absolute atomic E-state index is 0.00252. The Kier molecular flexibility index (Phi) is 7.78. The fourth-order valence-corrected chi connectivity index (χ4v) is 5.10. The average molecular weight is 515 g/mol. The SMILES string of the molecule is COc1ccc([C@H]2OC[C@H](Cc3ccc(C(F)(F)F)cc3)[C@H]2Cc2cccc(C(=O)O)c2C)cc1OC. The molecule has 1 aliphatic rings. The number of hydrogen-bond acceptors (Lipinski definition) is 4. The predicted octanol–water partition coefficient (Wildman–Crippen LogP) is 6.52. The van der Waals surface area contributed by atoms with E-state index in [4.69, 9.17) is 14.2 Å². The van der Waals surface area contributed by atoms with E-state index in [1.165, 1.54) is 12.1 Å². The van der Waals surface area contributed by atoms with Crippen molar-refractivity contribution in [3.05, 3.63) is 94.0 Å². The van der Waals surface area contributed by atoms with Gasteiger partial charge in [-0.3, -0.25) is 0 Å². The molecule has 3 aromatic rings. The van der Waals surface area contributed by atoms with Gasteiger partial charge in [0.05, 0.1) is 38.1 Å². The number of halogens is 3. The van der Waals surface area contributed by atoms with Gasteiger partial charge >= 0.3 is 12.1 Å². The van der Waals surface area contributed by atoms with Gasteiger partial charge in [0, 0.05) is 0 Å². The fourth-order valence-electron chi connectivity index (χ4n) is 5.10. The van der Waals surface area contributed by atoms with Crippen molar-refractivity contribution in [2.45, 2.75) is 32.0 Å². The maximum atomic E-state index is 13.0. The van der Waals surface area contributed by atoms with E-state index < -0.39 is 17.7 Å². The molecule has 3 atom stereocenters. The van der Waals surface area contributed by atoms with E-state index in [9.17, 15) is 23.1 Å². The first kappa shape index (κ1) is 26.5. The number of aromatic carboxylic acids is 1. The second-order valence-corrected chi connectivity index (χ2v) is 9.29. The van der Waals surface area contributed by atoms with Crippen LogP contribution in [0.5, 0.6) is 11.5 Å². The number of rotatable bonds is 8. The van der Waals surface area contributed by atoms with E-state index in [-0.39, 0.29) is 23.5 Å². The molecule has 0 radical (unpaired) electrons. The molecule has 0 spiro atoms. The third kappa shape index (κ3) is 5.74. The number of carboxylic acid groups (broad SMARTS) is 1. The zero-order chi connectivity index (χ0) is 26.7. The van der Waals surface area contributed by atoms with Gasteiger partial charge in [0.2, 0.25) is 0 Å². The third-order valence-corrected chi connectivity index (χ3v) is 7.13. The molecule has 0 aromatic heterocycles. The first-order valence-electron chi connectivity index (χ1n) is 11.9. The Morgan fingerprint density at radius 2 is 1.70 bits per heavy atom. The minimum Gasteiger partial charge on any atom is -0.493 e. The van der Waals surface area contributed by atoms with Gasteiger partial charge in [-0.05, 0) is 84.2 Å². The normalized spacial score (nSPS) is 19.6. The molecule has 0 amide bonds. The highest BCUT2D eigenvalue weighted by atomic mass is 19.4. The van der Waals surface area contributed by atoms with Gasteiger partial charge in [-0.15, -0.1) is 0 Å². The summed E-state index contributed by atoms with van der Waals surface area (Å²) < 4.78 is 56.2. The predicted molar refractivity (Wildman–Crippen MR) is 132 cm³/mol. The Labute approximate surface area is 213 Å². The van der Waals surface area contributed by atoms with Gasteiger partial charge in [-0.1, -0.05) is 30.3 Å². The number of ether oxygens (including phenoxy) is 3. The van der Waals surface area contributed by atoms with E-state index in [0.717, 1.165) is 28.8 Å². The van der Waals surface area contributed by atoms with E-state index in [0.29, 0.717) is 36.5 Å². The van der Waals surface area contributed by atoms with Gasteiger partial charge in [0.25, 0.3) is 0 Å². The van der Waals surface area contributed by atoms with Crippen molar-refractivity contribution in [3.63, 3.8) is 0 Å². The van der Waals surface area contributed by atoms with Crippen LogP contribution in [0.1, 0.15) is 44.3 Å². The molecule has 4 rings (SSSR count). The van der Waals surface area contributed by atoms with Crippen molar-refractivity contribution in [1.29, 1.82) is 0 Å². The molecular weight excluding hydrogens is 485 g/mol.